The number of benzene rings is 2. The number of nitrogens with two attached hydrogens (primary N) is 1. The van der Waals surface area contributed by atoms with Gasteiger partial charge in [0.2, 0.25) is 0 Å². The van der Waals surface area contributed by atoms with Gasteiger partial charge in [0.1, 0.15) is 0 Å². The lowest BCUT2D eigenvalue weighted by molar-refractivity contribution is 1.18. The molecule has 0 heterocycles. The lowest BCUT2D eigenvalue weighted by atomic mass is 10.0. The van der Waals surface area contributed by atoms with Crippen LogP contribution in [0.3, 0.4) is 0 Å². The summed E-state index contributed by atoms with van der Waals surface area (Å²) < 4.78 is 0. The van der Waals surface area contributed by atoms with Crippen molar-refractivity contribution in [3.63, 3.8) is 0 Å². The van der Waals surface area contributed by atoms with Crippen molar-refractivity contribution in [3.8, 4) is 0 Å². The maximum Gasteiger partial charge on any atom is 0.0379 e. The molecule has 0 saturated heterocycles. The van der Waals surface area contributed by atoms with Gasteiger partial charge in [-0.15, -0.1) is 11.8 Å². The third-order valence-electron chi connectivity index (χ3n) is 2.97. The molecule has 0 atom stereocenters. The highest BCUT2D eigenvalue weighted by Gasteiger charge is 2.02. The van der Waals surface area contributed by atoms with Crippen LogP contribution < -0.4 is 5.73 Å². The summed E-state index contributed by atoms with van der Waals surface area (Å²) in [5, 5.41) is 0. The van der Waals surface area contributed by atoms with Gasteiger partial charge in [0.15, 0.2) is 0 Å². The largest absolute Gasteiger partial charge is 0.398 e. The second kappa shape index (κ2) is 5.28. The van der Waals surface area contributed by atoms with Crippen molar-refractivity contribution in [1.29, 1.82) is 0 Å². The fourth-order valence-electron chi connectivity index (χ4n) is 1.86. The Morgan fingerprint density at radius 3 is 2.41 bits per heavy atom. The van der Waals surface area contributed by atoms with Crippen molar-refractivity contribution in [2.45, 2.75) is 18.2 Å². The fraction of sp³-hybridized carbons (Fsp3) is 0.200. The summed E-state index contributed by atoms with van der Waals surface area (Å²) in [4.78, 5) is 1.30. The summed E-state index contributed by atoms with van der Waals surface area (Å²) in [6.45, 7) is 2.05. The number of aryl methyl sites for hydroxylation is 1. The zero-order valence-electron chi connectivity index (χ0n) is 10.2. The van der Waals surface area contributed by atoms with Crippen LogP contribution in [0.1, 0.15) is 16.7 Å². The number of hydrogen-bond acceptors (Lipinski definition) is 2. The molecular formula is C15H17NS. The molecule has 0 aliphatic rings. The van der Waals surface area contributed by atoms with Crippen LogP contribution >= 0.6 is 11.8 Å². The minimum Gasteiger partial charge on any atom is -0.398 e. The summed E-state index contributed by atoms with van der Waals surface area (Å²) in [6, 6.07) is 14.9. The Morgan fingerprint density at radius 1 is 1.06 bits per heavy atom. The molecule has 0 fully saturated rings. The van der Waals surface area contributed by atoms with E-state index in [2.05, 4.69) is 55.6 Å². The van der Waals surface area contributed by atoms with Crippen LogP contribution in [-0.2, 0) is 6.42 Å². The Morgan fingerprint density at radius 2 is 1.76 bits per heavy atom. The molecule has 2 rings (SSSR count). The van der Waals surface area contributed by atoms with Crippen molar-refractivity contribution in [2.75, 3.05) is 12.0 Å². The van der Waals surface area contributed by atoms with Crippen molar-refractivity contribution in [1.82, 2.24) is 0 Å². The second-order valence-electron chi connectivity index (χ2n) is 4.17. The van der Waals surface area contributed by atoms with Crippen molar-refractivity contribution < 1.29 is 0 Å². The number of rotatable bonds is 3. The Bertz CT molecular complexity index is 503. The van der Waals surface area contributed by atoms with E-state index in [1.165, 1.54) is 16.0 Å². The lowest BCUT2D eigenvalue weighted by Gasteiger charge is -2.08. The Labute approximate surface area is 107 Å². The van der Waals surface area contributed by atoms with Gasteiger partial charge >= 0.3 is 0 Å². The minimum absolute atomic E-state index is 0.905. The maximum atomic E-state index is 6.08. The van der Waals surface area contributed by atoms with Crippen LogP contribution in [0, 0.1) is 6.92 Å². The van der Waals surface area contributed by atoms with Gasteiger partial charge in [0, 0.05) is 10.6 Å². The van der Waals surface area contributed by atoms with E-state index in [0.29, 0.717) is 0 Å². The zero-order valence-corrected chi connectivity index (χ0v) is 11.1. The molecule has 1 nitrogen and oxygen atoms in total. The molecule has 0 saturated carbocycles. The minimum atomic E-state index is 0.905. The predicted octanol–water partition coefficient (Wildman–Crippen LogP) is 3.89. The van der Waals surface area contributed by atoms with E-state index in [1.807, 2.05) is 0 Å². The Kier molecular flexibility index (Phi) is 3.75. The fourth-order valence-corrected chi connectivity index (χ4v) is 2.27. The molecule has 0 unspecified atom stereocenters. The van der Waals surface area contributed by atoms with Gasteiger partial charge in [-0.05, 0) is 48.4 Å². The molecule has 2 aromatic carbocycles. The third-order valence-corrected chi connectivity index (χ3v) is 3.71. The van der Waals surface area contributed by atoms with Crippen LogP contribution in [0.4, 0.5) is 5.69 Å². The lowest BCUT2D eigenvalue weighted by Crippen LogP contribution is -1.98. The van der Waals surface area contributed by atoms with E-state index in [9.17, 15) is 0 Å². The third kappa shape index (κ3) is 2.83. The van der Waals surface area contributed by atoms with Crippen LogP contribution in [0.25, 0.3) is 0 Å². The molecular weight excluding hydrogens is 226 g/mol. The zero-order chi connectivity index (χ0) is 12.3. The molecule has 0 aliphatic heterocycles. The van der Waals surface area contributed by atoms with Crippen LogP contribution in [0.2, 0.25) is 0 Å². The standard InChI is InChI=1S/C15H17NS/c1-11-4-3-5-13(15(11)16)10-12-6-8-14(17-2)9-7-12/h3-9H,10,16H2,1-2H3. The molecule has 2 heteroatoms. The van der Waals surface area contributed by atoms with Gasteiger partial charge in [-0.2, -0.15) is 0 Å². The van der Waals surface area contributed by atoms with E-state index >= 15 is 0 Å². The smallest absolute Gasteiger partial charge is 0.0379 e. The van der Waals surface area contributed by atoms with Crippen LogP contribution in [0.15, 0.2) is 47.4 Å². The molecule has 88 valence electrons. The monoisotopic (exact) mass is 243 g/mol. The number of anilines is 1. The average Bonchev–Trinajstić information content (AvgIpc) is 2.36. The average molecular weight is 243 g/mol. The second-order valence-corrected chi connectivity index (χ2v) is 5.05. The number of para-hydroxylation sites is 1. The first-order chi connectivity index (χ1) is 8.20. The first-order valence-electron chi connectivity index (χ1n) is 5.67. The SMILES string of the molecule is CSc1ccc(Cc2cccc(C)c2N)cc1. The molecule has 2 aromatic rings. The molecule has 0 amide bonds. The van der Waals surface area contributed by atoms with E-state index in [4.69, 9.17) is 5.73 Å². The molecule has 0 radical (unpaired) electrons. The number of thioether (sulfide) groups is 1. The highest BCUT2D eigenvalue weighted by molar-refractivity contribution is 7.98. The predicted molar refractivity (Wildman–Crippen MR) is 76.6 cm³/mol. The van der Waals surface area contributed by atoms with Gasteiger partial charge < -0.3 is 5.73 Å². The van der Waals surface area contributed by atoms with E-state index in [0.717, 1.165) is 17.7 Å². The maximum absolute atomic E-state index is 6.08. The van der Waals surface area contributed by atoms with E-state index < -0.39 is 0 Å². The normalized spacial score (nSPS) is 10.5. The summed E-state index contributed by atoms with van der Waals surface area (Å²) in [5.41, 5.74) is 10.7. The molecule has 0 aliphatic carbocycles. The van der Waals surface area contributed by atoms with Gasteiger partial charge in [-0.3, -0.25) is 0 Å². The van der Waals surface area contributed by atoms with Gasteiger partial charge in [0.05, 0.1) is 0 Å². The molecule has 2 N–H and O–H groups in total. The van der Waals surface area contributed by atoms with E-state index in [1.54, 1.807) is 11.8 Å². The molecule has 0 bridgehead atoms. The molecule has 17 heavy (non-hydrogen) atoms. The Hall–Kier alpha value is -1.41. The number of nitrogen functional groups attached to an aromatic ring is 1. The van der Waals surface area contributed by atoms with Crippen molar-refractivity contribution >= 4 is 17.4 Å². The first-order valence-corrected chi connectivity index (χ1v) is 6.90. The van der Waals surface area contributed by atoms with Gasteiger partial charge in [0.25, 0.3) is 0 Å². The van der Waals surface area contributed by atoms with Crippen LogP contribution in [0.5, 0.6) is 0 Å². The highest BCUT2D eigenvalue weighted by atomic mass is 32.2. The first kappa shape index (κ1) is 12.1. The van der Waals surface area contributed by atoms with E-state index in [-0.39, 0.29) is 0 Å². The molecule has 0 spiro atoms. The van der Waals surface area contributed by atoms with Gasteiger partial charge in [-0.25, -0.2) is 0 Å². The van der Waals surface area contributed by atoms with Crippen LogP contribution in [-0.4, -0.2) is 6.26 Å². The van der Waals surface area contributed by atoms with Crippen molar-refractivity contribution in [2.24, 2.45) is 0 Å². The Balaban J connectivity index is 2.22. The molecule has 0 aromatic heterocycles. The number of hydrogen-bond donors (Lipinski definition) is 1. The highest BCUT2D eigenvalue weighted by Crippen LogP contribution is 2.21. The quantitative estimate of drug-likeness (QED) is 0.654. The summed E-state index contributed by atoms with van der Waals surface area (Å²) in [6.07, 6.45) is 3.00. The summed E-state index contributed by atoms with van der Waals surface area (Å²) in [7, 11) is 0. The van der Waals surface area contributed by atoms with Crippen molar-refractivity contribution in [3.05, 3.63) is 59.2 Å². The summed E-state index contributed by atoms with van der Waals surface area (Å²) in [5.74, 6) is 0. The summed E-state index contributed by atoms with van der Waals surface area (Å²) >= 11 is 1.76. The van der Waals surface area contributed by atoms with Gasteiger partial charge in [-0.1, -0.05) is 30.3 Å². The topological polar surface area (TPSA) is 26.0 Å².